The zero-order valence-electron chi connectivity index (χ0n) is 12.2. The predicted octanol–water partition coefficient (Wildman–Crippen LogP) is 2.00. The van der Waals surface area contributed by atoms with E-state index in [0.29, 0.717) is 12.3 Å². The average molecular weight is 284 g/mol. The van der Waals surface area contributed by atoms with Crippen molar-refractivity contribution >= 4 is 23.4 Å². The molecule has 0 spiro atoms. The number of aromatic nitrogens is 2. The van der Waals surface area contributed by atoms with Gasteiger partial charge in [0.15, 0.2) is 0 Å². The Hall–Kier alpha value is -1.01. The van der Waals surface area contributed by atoms with E-state index < -0.39 is 5.60 Å². The second-order valence-electron chi connectivity index (χ2n) is 4.83. The zero-order chi connectivity index (χ0) is 14.3. The van der Waals surface area contributed by atoms with Gasteiger partial charge < -0.3 is 15.7 Å². The summed E-state index contributed by atoms with van der Waals surface area (Å²) >= 11 is 1.63. The van der Waals surface area contributed by atoms with Crippen LogP contribution in [0.4, 0.5) is 11.6 Å². The molecular weight excluding hydrogens is 260 g/mol. The summed E-state index contributed by atoms with van der Waals surface area (Å²) in [6, 6.07) is 0. The first-order chi connectivity index (χ1) is 9.04. The fourth-order valence-corrected chi connectivity index (χ4v) is 2.63. The third-order valence-corrected chi connectivity index (χ3v) is 3.68. The van der Waals surface area contributed by atoms with Crippen molar-refractivity contribution in [1.29, 1.82) is 0 Å². The van der Waals surface area contributed by atoms with E-state index in [1.807, 2.05) is 20.2 Å². The van der Waals surface area contributed by atoms with E-state index in [-0.39, 0.29) is 0 Å². The minimum absolute atomic E-state index is 0.477. The molecule has 19 heavy (non-hydrogen) atoms. The number of thioether (sulfide) groups is 1. The van der Waals surface area contributed by atoms with Gasteiger partial charge in [0.2, 0.25) is 0 Å². The summed E-state index contributed by atoms with van der Waals surface area (Å²) in [4.78, 5) is 8.52. The highest BCUT2D eigenvalue weighted by Gasteiger charge is 2.20. The molecule has 6 heteroatoms. The number of rotatable bonds is 8. The summed E-state index contributed by atoms with van der Waals surface area (Å²) < 4.78 is 0. The van der Waals surface area contributed by atoms with E-state index in [0.717, 1.165) is 30.0 Å². The number of hydrogen-bond acceptors (Lipinski definition) is 6. The third-order valence-electron chi connectivity index (χ3n) is 2.77. The van der Waals surface area contributed by atoms with Crippen LogP contribution in [-0.2, 0) is 6.42 Å². The molecule has 1 atom stereocenters. The summed E-state index contributed by atoms with van der Waals surface area (Å²) in [5, 5.41) is 16.5. The van der Waals surface area contributed by atoms with Crippen LogP contribution < -0.4 is 10.6 Å². The van der Waals surface area contributed by atoms with E-state index in [9.17, 15) is 5.11 Å². The molecule has 0 aliphatic rings. The Bertz CT molecular complexity index is 398. The maximum absolute atomic E-state index is 10.2. The summed E-state index contributed by atoms with van der Waals surface area (Å²) in [5.74, 6) is 2.35. The van der Waals surface area contributed by atoms with Gasteiger partial charge in [-0.2, -0.15) is 11.8 Å². The Kier molecular flexibility index (Phi) is 6.37. The van der Waals surface area contributed by atoms with Gasteiger partial charge >= 0.3 is 0 Å². The van der Waals surface area contributed by atoms with Gasteiger partial charge in [-0.1, -0.05) is 13.3 Å². The zero-order valence-corrected chi connectivity index (χ0v) is 13.0. The summed E-state index contributed by atoms with van der Waals surface area (Å²) in [5.41, 5.74) is 0.334. The quantitative estimate of drug-likeness (QED) is 0.678. The van der Waals surface area contributed by atoms with Gasteiger partial charge in [0.1, 0.15) is 18.0 Å². The Morgan fingerprint density at radius 1 is 1.37 bits per heavy atom. The van der Waals surface area contributed by atoms with Crippen molar-refractivity contribution < 1.29 is 5.11 Å². The largest absolute Gasteiger partial charge is 0.387 e. The molecule has 0 bridgehead atoms. The number of nitrogens with zero attached hydrogens (tertiary/aromatic N) is 2. The van der Waals surface area contributed by atoms with Crippen molar-refractivity contribution in [3.05, 3.63) is 11.9 Å². The molecule has 0 fully saturated rings. The topological polar surface area (TPSA) is 70.1 Å². The van der Waals surface area contributed by atoms with Crippen LogP contribution in [0.3, 0.4) is 0 Å². The molecule has 0 saturated heterocycles. The average Bonchev–Trinajstić information content (AvgIpc) is 2.37. The summed E-state index contributed by atoms with van der Waals surface area (Å²) in [7, 11) is 1.86. The molecule has 0 radical (unpaired) electrons. The number of aliphatic hydroxyl groups is 1. The van der Waals surface area contributed by atoms with Crippen molar-refractivity contribution in [3.63, 3.8) is 0 Å². The van der Waals surface area contributed by atoms with Crippen molar-refractivity contribution in [2.75, 3.05) is 36.2 Å². The maximum Gasteiger partial charge on any atom is 0.134 e. The van der Waals surface area contributed by atoms with Gasteiger partial charge in [-0.25, -0.2) is 9.97 Å². The van der Waals surface area contributed by atoms with Crippen LogP contribution in [0.15, 0.2) is 6.33 Å². The normalized spacial score (nSPS) is 13.9. The molecule has 0 aliphatic carbocycles. The number of nitrogens with one attached hydrogen (secondary N) is 2. The highest BCUT2D eigenvalue weighted by Crippen LogP contribution is 2.22. The number of hydrogen-bond donors (Lipinski definition) is 3. The monoisotopic (exact) mass is 284 g/mol. The summed E-state index contributed by atoms with van der Waals surface area (Å²) in [6.45, 7) is 4.43. The van der Waals surface area contributed by atoms with Crippen LogP contribution in [0.2, 0.25) is 0 Å². The van der Waals surface area contributed by atoms with Gasteiger partial charge in [-0.15, -0.1) is 0 Å². The second kappa shape index (κ2) is 7.55. The smallest absolute Gasteiger partial charge is 0.134 e. The molecule has 0 saturated carbocycles. The van der Waals surface area contributed by atoms with Crippen LogP contribution >= 0.6 is 11.8 Å². The Morgan fingerprint density at radius 2 is 2.05 bits per heavy atom. The maximum atomic E-state index is 10.2. The lowest BCUT2D eigenvalue weighted by Crippen LogP contribution is -2.36. The molecule has 1 aromatic rings. The second-order valence-corrected chi connectivity index (χ2v) is 5.70. The molecule has 1 rings (SSSR count). The molecule has 3 N–H and O–H groups in total. The van der Waals surface area contributed by atoms with Crippen LogP contribution in [0.5, 0.6) is 0 Å². The van der Waals surface area contributed by atoms with E-state index in [1.54, 1.807) is 11.8 Å². The van der Waals surface area contributed by atoms with Crippen molar-refractivity contribution in [2.24, 2.45) is 0 Å². The molecular formula is C13H24N4OS. The van der Waals surface area contributed by atoms with Crippen LogP contribution in [0.1, 0.15) is 25.8 Å². The summed E-state index contributed by atoms with van der Waals surface area (Å²) in [6.07, 6.45) is 5.46. The lowest BCUT2D eigenvalue weighted by atomic mass is 10.1. The molecule has 0 aromatic carbocycles. The number of anilines is 2. The van der Waals surface area contributed by atoms with E-state index in [1.165, 1.54) is 6.33 Å². The van der Waals surface area contributed by atoms with Gasteiger partial charge in [0.25, 0.3) is 0 Å². The molecule has 0 aliphatic heterocycles. The molecule has 1 heterocycles. The van der Waals surface area contributed by atoms with E-state index in [2.05, 4.69) is 27.5 Å². The van der Waals surface area contributed by atoms with Crippen LogP contribution in [0.25, 0.3) is 0 Å². The Balaban J connectivity index is 2.82. The third kappa shape index (κ3) is 4.87. The first kappa shape index (κ1) is 16.0. The minimum atomic E-state index is -0.742. The van der Waals surface area contributed by atoms with E-state index >= 15 is 0 Å². The predicted molar refractivity (Wildman–Crippen MR) is 83.1 cm³/mol. The molecule has 1 aromatic heterocycles. The van der Waals surface area contributed by atoms with Crippen LogP contribution in [-0.4, -0.2) is 46.3 Å². The minimum Gasteiger partial charge on any atom is -0.387 e. The first-order valence-electron chi connectivity index (χ1n) is 6.51. The van der Waals surface area contributed by atoms with E-state index in [4.69, 9.17) is 0 Å². The van der Waals surface area contributed by atoms with Gasteiger partial charge in [0.05, 0.1) is 5.60 Å². The fourth-order valence-electron chi connectivity index (χ4n) is 1.90. The Labute approximate surface area is 119 Å². The van der Waals surface area contributed by atoms with Gasteiger partial charge in [0, 0.05) is 24.9 Å². The first-order valence-corrected chi connectivity index (χ1v) is 7.90. The molecule has 0 amide bonds. The van der Waals surface area contributed by atoms with Crippen molar-refractivity contribution in [2.45, 2.75) is 32.3 Å². The van der Waals surface area contributed by atoms with Crippen molar-refractivity contribution in [3.8, 4) is 0 Å². The SMILES string of the molecule is CCCc1c(NC)ncnc1NCC(C)(O)CSC. The lowest BCUT2D eigenvalue weighted by Gasteiger charge is -2.24. The van der Waals surface area contributed by atoms with Gasteiger partial charge in [-0.05, 0) is 19.6 Å². The van der Waals surface area contributed by atoms with Gasteiger partial charge in [-0.3, -0.25) is 0 Å². The Morgan fingerprint density at radius 3 is 2.63 bits per heavy atom. The molecule has 108 valence electrons. The highest BCUT2D eigenvalue weighted by atomic mass is 32.2. The standard InChI is InChI=1S/C13H24N4OS/c1-5-6-10-11(14-3)16-9-17-12(10)15-7-13(2,18)8-19-4/h9,18H,5-8H2,1-4H3,(H2,14,15,16,17). The lowest BCUT2D eigenvalue weighted by molar-refractivity contribution is 0.0996. The fraction of sp³-hybridized carbons (Fsp3) is 0.692. The van der Waals surface area contributed by atoms with Crippen molar-refractivity contribution in [1.82, 2.24) is 9.97 Å². The molecule has 1 unspecified atom stereocenters. The molecule has 5 nitrogen and oxygen atoms in total. The van der Waals surface area contributed by atoms with Crippen LogP contribution in [0, 0.1) is 0 Å². The highest BCUT2D eigenvalue weighted by molar-refractivity contribution is 7.98.